The quantitative estimate of drug-likeness (QED) is 0.521. The van der Waals surface area contributed by atoms with Crippen molar-refractivity contribution < 1.29 is 0 Å². The zero-order valence-electron chi connectivity index (χ0n) is 11.2. The van der Waals surface area contributed by atoms with E-state index >= 15 is 0 Å². The van der Waals surface area contributed by atoms with E-state index in [4.69, 9.17) is 0 Å². The molecular formula is C14H24SSi. The summed E-state index contributed by atoms with van der Waals surface area (Å²) < 4.78 is 0. The molecule has 1 rings (SSSR count). The molecule has 0 aliphatic carbocycles. The Bertz CT molecular complexity index is 302. The van der Waals surface area contributed by atoms with Gasteiger partial charge in [0.2, 0.25) is 0 Å². The molecule has 2 heteroatoms. The minimum Gasteiger partial charge on any atom is -0.126 e. The summed E-state index contributed by atoms with van der Waals surface area (Å²) in [6, 6.07) is 10.8. The average Bonchev–Trinajstić information content (AvgIpc) is 2.25. The summed E-state index contributed by atoms with van der Waals surface area (Å²) in [5.74, 6) is 0.817. The van der Waals surface area contributed by atoms with Crippen molar-refractivity contribution in [2.75, 3.05) is 0 Å². The van der Waals surface area contributed by atoms with Crippen molar-refractivity contribution >= 4 is 19.8 Å². The van der Waals surface area contributed by atoms with Gasteiger partial charge in [0.15, 0.2) is 0 Å². The predicted octanol–water partition coefficient (Wildman–Crippen LogP) is 5.07. The highest BCUT2D eigenvalue weighted by molar-refractivity contribution is 8.01. The van der Waals surface area contributed by atoms with Gasteiger partial charge in [-0.25, -0.2) is 0 Å². The molecule has 0 fully saturated rings. The molecule has 0 heterocycles. The first-order valence-electron chi connectivity index (χ1n) is 6.17. The lowest BCUT2D eigenvalue weighted by molar-refractivity contribution is 0.599. The van der Waals surface area contributed by atoms with Gasteiger partial charge in [-0.15, -0.1) is 11.8 Å². The van der Waals surface area contributed by atoms with Crippen LogP contribution in [0.2, 0.25) is 19.6 Å². The molecule has 0 N–H and O–H groups in total. The zero-order chi connectivity index (χ0) is 12.2. The van der Waals surface area contributed by atoms with Crippen LogP contribution in [0.4, 0.5) is 0 Å². The van der Waals surface area contributed by atoms with Crippen molar-refractivity contribution in [3.8, 4) is 0 Å². The smallest absolute Gasteiger partial charge is 0.0595 e. The van der Waals surface area contributed by atoms with E-state index in [0.29, 0.717) is 0 Å². The lowest BCUT2D eigenvalue weighted by Crippen LogP contribution is -2.40. The van der Waals surface area contributed by atoms with Crippen LogP contribution >= 0.6 is 11.8 Å². The van der Waals surface area contributed by atoms with Gasteiger partial charge in [-0.2, -0.15) is 0 Å². The van der Waals surface area contributed by atoms with Crippen LogP contribution in [0.5, 0.6) is 0 Å². The van der Waals surface area contributed by atoms with Crippen LogP contribution in [0.15, 0.2) is 35.2 Å². The van der Waals surface area contributed by atoms with Crippen LogP contribution in [0.25, 0.3) is 0 Å². The van der Waals surface area contributed by atoms with Crippen molar-refractivity contribution in [3.05, 3.63) is 30.3 Å². The Balaban J connectivity index is 2.80. The number of thioether (sulfide) groups is 1. The molecule has 0 spiro atoms. The molecule has 2 atom stereocenters. The third-order valence-corrected chi connectivity index (χ3v) is 9.03. The van der Waals surface area contributed by atoms with Crippen molar-refractivity contribution in [2.24, 2.45) is 5.92 Å². The maximum atomic E-state index is 2.49. The molecule has 0 nitrogen and oxygen atoms in total. The third-order valence-electron chi connectivity index (χ3n) is 3.02. The molecule has 0 saturated carbocycles. The number of hydrogen-bond donors (Lipinski definition) is 0. The Kier molecular flexibility index (Phi) is 5.13. The highest BCUT2D eigenvalue weighted by atomic mass is 32.2. The van der Waals surface area contributed by atoms with E-state index in [1.165, 1.54) is 11.3 Å². The normalized spacial score (nSPS) is 15.8. The Morgan fingerprint density at radius 2 is 1.69 bits per heavy atom. The summed E-state index contributed by atoms with van der Waals surface area (Å²) in [4.78, 5) is 2.25. The van der Waals surface area contributed by atoms with Gasteiger partial charge < -0.3 is 0 Å². The fourth-order valence-corrected chi connectivity index (χ4v) is 6.80. The Morgan fingerprint density at radius 1 is 1.12 bits per heavy atom. The van der Waals surface area contributed by atoms with Crippen molar-refractivity contribution in [1.82, 2.24) is 0 Å². The lowest BCUT2D eigenvalue weighted by Gasteiger charge is -2.33. The Morgan fingerprint density at radius 3 is 2.12 bits per heavy atom. The highest BCUT2D eigenvalue weighted by Crippen LogP contribution is 2.35. The summed E-state index contributed by atoms with van der Waals surface area (Å²) in [7, 11) is -1.09. The highest BCUT2D eigenvalue weighted by Gasteiger charge is 2.31. The van der Waals surface area contributed by atoms with Gasteiger partial charge in [0.1, 0.15) is 0 Å². The van der Waals surface area contributed by atoms with Crippen LogP contribution in [-0.4, -0.2) is 12.9 Å². The fraction of sp³-hybridized carbons (Fsp3) is 0.571. The first kappa shape index (κ1) is 13.9. The van der Waals surface area contributed by atoms with Crippen LogP contribution in [0.1, 0.15) is 20.3 Å². The summed E-state index contributed by atoms with van der Waals surface area (Å²) in [5.41, 5.74) is 0. The van der Waals surface area contributed by atoms with E-state index in [2.05, 4.69) is 75.6 Å². The second-order valence-corrected chi connectivity index (χ2v) is 12.6. The van der Waals surface area contributed by atoms with E-state index < -0.39 is 8.07 Å². The second-order valence-electron chi connectivity index (χ2n) is 5.60. The topological polar surface area (TPSA) is 0 Å². The lowest BCUT2D eigenvalue weighted by atomic mass is 10.1. The molecule has 0 amide bonds. The first-order chi connectivity index (χ1) is 7.45. The van der Waals surface area contributed by atoms with Crippen molar-refractivity contribution in [2.45, 2.75) is 49.7 Å². The Labute approximate surface area is 106 Å². The molecule has 0 aliphatic rings. The molecule has 0 aliphatic heterocycles. The summed E-state index contributed by atoms with van der Waals surface area (Å²) >= 11 is 2.09. The molecule has 1 aromatic rings. The minimum absolute atomic E-state index is 0.817. The molecule has 90 valence electrons. The summed E-state index contributed by atoms with van der Waals surface area (Å²) in [5, 5.41) is 0. The van der Waals surface area contributed by atoms with Crippen molar-refractivity contribution in [3.63, 3.8) is 0 Å². The van der Waals surface area contributed by atoms with Crippen LogP contribution in [0.3, 0.4) is 0 Å². The number of rotatable bonds is 5. The zero-order valence-corrected chi connectivity index (χ0v) is 13.0. The molecular weight excluding hydrogens is 228 g/mol. The van der Waals surface area contributed by atoms with E-state index in [-0.39, 0.29) is 0 Å². The summed E-state index contributed by atoms with van der Waals surface area (Å²) in [6.45, 7) is 12.2. The number of benzene rings is 1. The maximum Gasteiger partial charge on any atom is 0.0595 e. The van der Waals surface area contributed by atoms with Gasteiger partial charge in [0, 0.05) is 9.77 Å². The number of hydrogen-bond acceptors (Lipinski definition) is 1. The molecule has 16 heavy (non-hydrogen) atoms. The van der Waals surface area contributed by atoms with E-state index in [0.717, 1.165) is 10.8 Å². The predicted molar refractivity (Wildman–Crippen MR) is 78.9 cm³/mol. The van der Waals surface area contributed by atoms with E-state index in [1.54, 1.807) is 0 Å². The monoisotopic (exact) mass is 252 g/mol. The van der Waals surface area contributed by atoms with Gasteiger partial charge in [0.05, 0.1) is 8.07 Å². The van der Waals surface area contributed by atoms with E-state index in [9.17, 15) is 0 Å². The molecule has 1 aromatic carbocycles. The standard InChI is InChI=1S/C14H24SSi/c1-6-12(2)14(16(3,4)5)15-13-10-8-7-9-11-13/h7-12,14H,6H2,1-5H3. The average molecular weight is 252 g/mol. The van der Waals surface area contributed by atoms with Gasteiger partial charge in [-0.1, -0.05) is 58.1 Å². The first-order valence-corrected chi connectivity index (χ1v) is 10.6. The molecule has 0 aromatic heterocycles. The summed E-state index contributed by atoms with van der Waals surface area (Å²) in [6.07, 6.45) is 1.29. The van der Waals surface area contributed by atoms with Crippen LogP contribution in [0, 0.1) is 5.92 Å². The largest absolute Gasteiger partial charge is 0.126 e. The Hall–Kier alpha value is -0.213. The SMILES string of the molecule is CCC(C)C(Sc1ccccc1)[Si](C)(C)C. The second kappa shape index (κ2) is 5.92. The van der Waals surface area contributed by atoms with Gasteiger partial charge in [0.25, 0.3) is 0 Å². The van der Waals surface area contributed by atoms with Gasteiger partial charge in [-0.3, -0.25) is 0 Å². The fourth-order valence-electron chi connectivity index (χ4n) is 2.01. The third kappa shape index (κ3) is 3.98. The van der Waals surface area contributed by atoms with Crippen LogP contribution < -0.4 is 0 Å². The molecule has 0 saturated heterocycles. The van der Waals surface area contributed by atoms with Gasteiger partial charge >= 0.3 is 0 Å². The van der Waals surface area contributed by atoms with Crippen molar-refractivity contribution in [1.29, 1.82) is 0 Å². The molecule has 2 unspecified atom stereocenters. The van der Waals surface area contributed by atoms with Gasteiger partial charge in [-0.05, 0) is 18.1 Å². The molecule has 0 bridgehead atoms. The maximum absolute atomic E-state index is 2.49. The molecule has 0 radical (unpaired) electrons. The van der Waals surface area contributed by atoms with Crippen LogP contribution in [-0.2, 0) is 0 Å². The minimum atomic E-state index is -1.09. The van der Waals surface area contributed by atoms with E-state index in [1.807, 2.05) is 0 Å².